The summed E-state index contributed by atoms with van der Waals surface area (Å²) in [4.78, 5) is 14.2. The third-order valence-corrected chi connectivity index (χ3v) is 6.65. The fraction of sp³-hybridized carbons (Fsp3) is 0.296. The first-order valence-corrected chi connectivity index (χ1v) is 12.9. The van der Waals surface area contributed by atoms with Gasteiger partial charge in [-0.3, -0.25) is 4.79 Å². The quantitative estimate of drug-likeness (QED) is 0.311. The second kappa shape index (κ2) is 11.7. The van der Waals surface area contributed by atoms with E-state index in [0.717, 1.165) is 29.3 Å². The monoisotopic (exact) mass is 535 g/mol. The zero-order valence-corrected chi connectivity index (χ0v) is 21.5. The Morgan fingerprint density at radius 1 is 0.919 bits per heavy atom. The van der Waals surface area contributed by atoms with E-state index < -0.39 is 26.8 Å². The lowest BCUT2D eigenvalue weighted by Gasteiger charge is -2.25. The standard InChI is InChI=1S/C27H28F3NO5S/c1-19(2)17-31(26(32)15-20-7-11-23(35-3)12-8-20)18-21-9-13-24(14-10-21)36-37(33,34)25-6-4-5-22(16-25)27(28,29)30/h4-14,16,19H,15,17-18H2,1-3H3. The molecule has 0 radical (unpaired) electrons. The van der Waals surface area contributed by atoms with Crippen molar-refractivity contribution in [3.05, 3.63) is 89.5 Å². The van der Waals surface area contributed by atoms with E-state index >= 15 is 0 Å². The summed E-state index contributed by atoms with van der Waals surface area (Å²) in [7, 11) is -2.90. The highest BCUT2D eigenvalue weighted by Gasteiger charge is 2.32. The molecule has 6 nitrogen and oxygen atoms in total. The van der Waals surface area contributed by atoms with Crippen molar-refractivity contribution in [2.24, 2.45) is 5.92 Å². The molecule has 0 aliphatic heterocycles. The molecule has 0 saturated heterocycles. The number of alkyl halides is 3. The molecule has 1 amide bonds. The molecular formula is C27H28F3NO5S. The average molecular weight is 536 g/mol. The fourth-order valence-electron chi connectivity index (χ4n) is 3.60. The number of nitrogens with zero attached hydrogens (tertiary/aromatic N) is 1. The molecule has 0 saturated carbocycles. The summed E-state index contributed by atoms with van der Waals surface area (Å²) in [5, 5.41) is 0. The molecule has 0 spiro atoms. The molecule has 0 N–H and O–H groups in total. The molecule has 0 bridgehead atoms. The van der Waals surface area contributed by atoms with Gasteiger partial charge in [0.1, 0.15) is 16.4 Å². The van der Waals surface area contributed by atoms with Crippen LogP contribution in [0.3, 0.4) is 0 Å². The lowest BCUT2D eigenvalue weighted by molar-refractivity contribution is -0.137. The second-order valence-corrected chi connectivity index (χ2v) is 10.4. The Balaban J connectivity index is 1.70. The summed E-state index contributed by atoms with van der Waals surface area (Å²) in [5.74, 6) is 0.806. The van der Waals surface area contributed by atoms with E-state index in [1.54, 1.807) is 36.3 Å². The minimum atomic E-state index is -4.68. The van der Waals surface area contributed by atoms with Crippen molar-refractivity contribution in [2.75, 3.05) is 13.7 Å². The van der Waals surface area contributed by atoms with E-state index in [2.05, 4.69) is 0 Å². The molecule has 0 aliphatic rings. The van der Waals surface area contributed by atoms with E-state index in [-0.39, 0.29) is 24.0 Å². The summed E-state index contributed by atoms with van der Waals surface area (Å²) in [5.41, 5.74) is 0.507. The summed E-state index contributed by atoms with van der Waals surface area (Å²) in [6.45, 7) is 4.83. The smallest absolute Gasteiger partial charge is 0.416 e. The van der Waals surface area contributed by atoms with Gasteiger partial charge in [-0.2, -0.15) is 21.6 Å². The number of benzene rings is 3. The van der Waals surface area contributed by atoms with E-state index in [1.807, 2.05) is 26.0 Å². The van der Waals surface area contributed by atoms with Crippen LogP contribution >= 0.6 is 0 Å². The Morgan fingerprint density at radius 2 is 1.51 bits per heavy atom. The highest BCUT2D eigenvalue weighted by atomic mass is 32.2. The van der Waals surface area contributed by atoms with Gasteiger partial charge in [0, 0.05) is 13.1 Å². The highest BCUT2D eigenvalue weighted by Crippen LogP contribution is 2.31. The number of methoxy groups -OCH3 is 1. The van der Waals surface area contributed by atoms with Crippen molar-refractivity contribution in [3.63, 3.8) is 0 Å². The molecule has 3 aromatic rings. The first kappa shape index (κ1) is 28.0. The first-order valence-electron chi connectivity index (χ1n) is 11.5. The summed E-state index contributed by atoms with van der Waals surface area (Å²) >= 11 is 0. The molecule has 0 fully saturated rings. The van der Waals surface area contributed by atoms with Gasteiger partial charge in [-0.1, -0.05) is 44.2 Å². The van der Waals surface area contributed by atoms with E-state index in [0.29, 0.717) is 24.9 Å². The van der Waals surface area contributed by atoms with Gasteiger partial charge in [0.05, 0.1) is 19.1 Å². The van der Waals surface area contributed by atoms with Crippen molar-refractivity contribution in [2.45, 2.75) is 37.9 Å². The third kappa shape index (κ3) is 7.98. The molecule has 0 atom stereocenters. The molecule has 37 heavy (non-hydrogen) atoms. The van der Waals surface area contributed by atoms with Crippen LogP contribution < -0.4 is 8.92 Å². The van der Waals surface area contributed by atoms with Crippen molar-refractivity contribution < 1.29 is 35.3 Å². The van der Waals surface area contributed by atoms with Gasteiger partial charge in [0.25, 0.3) is 0 Å². The molecular weight excluding hydrogens is 507 g/mol. The SMILES string of the molecule is COc1ccc(CC(=O)N(Cc2ccc(OS(=O)(=O)c3cccc(C(F)(F)F)c3)cc2)CC(C)C)cc1. The summed E-state index contributed by atoms with van der Waals surface area (Å²) in [6.07, 6.45) is -4.47. The van der Waals surface area contributed by atoms with Gasteiger partial charge in [0.2, 0.25) is 5.91 Å². The fourth-order valence-corrected chi connectivity index (χ4v) is 4.58. The highest BCUT2D eigenvalue weighted by molar-refractivity contribution is 7.87. The molecule has 3 rings (SSSR count). The van der Waals surface area contributed by atoms with Crippen molar-refractivity contribution >= 4 is 16.0 Å². The largest absolute Gasteiger partial charge is 0.497 e. The van der Waals surface area contributed by atoms with Crippen LogP contribution in [0.4, 0.5) is 13.2 Å². The Labute approximate surface area is 214 Å². The van der Waals surface area contributed by atoms with Gasteiger partial charge in [0.15, 0.2) is 0 Å². The lowest BCUT2D eigenvalue weighted by Crippen LogP contribution is -2.34. The van der Waals surface area contributed by atoms with Crippen LogP contribution in [0, 0.1) is 5.92 Å². The Morgan fingerprint density at radius 3 is 2.08 bits per heavy atom. The molecule has 0 aliphatic carbocycles. The normalized spacial score (nSPS) is 11.9. The van der Waals surface area contributed by atoms with E-state index in [1.165, 1.54) is 12.1 Å². The van der Waals surface area contributed by atoms with Gasteiger partial charge >= 0.3 is 16.3 Å². The Hall–Kier alpha value is -3.53. The second-order valence-electron chi connectivity index (χ2n) is 8.90. The lowest BCUT2D eigenvalue weighted by atomic mass is 10.1. The van der Waals surface area contributed by atoms with Gasteiger partial charge in [-0.05, 0) is 59.5 Å². The van der Waals surface area contributed by atoms with Gasteiger partial charge in [-0.15, -0.1) is 0 Å². The number of carbonyl (C=O) groups excluding carboxylic acids is 1. The first-order chi connectivity index (χ1) is 17.4. The number of rotatable bonds is 10. The van der Waals surface area contributed by atoms with Crippen LogP contribution in [-0.2, 0) is 34.1 Å². The number of halogens is 3. The molecule has 0 aromatic heterocycles. The Kier molecular flexibility index (Phi) is 8.85. The predicted molar refractivity (Wildman–Crippen MR) is 133 cm³/mol. The van der Waals surface area contributed by atoms with Gasteiger partial charge in [-0.25, -0.2) is 0 Å². The maximum absolute atomic E-state index is 13.0. The van der Waals surface area contributed by atoms with Crippen LogP contribution in [0.1, 0.15) is 30.5 Å². The number of hydrogen-bond donors (Lipinski definition) is 0. The Bertz CT molecular complexity index is 1310. The molecule has 0 unspecified atom stereocenters. The summed E-state index contributed by atoms with van der Waals surface area (Å²) in [6, 6.07) is 16.7. The minimum Gasteiger partial charge on any atom is -0.497 e. The van der Waals surface area contributed by atoms with E-state index in [4.69, 9.17) is 8.92 Å². The van der Waals surface area contributed by atoms with Crippen molar-refractivity contribution in [1.82, 2.24) is 4.90 Å². The number of ether oxygens (including phenoxy) is 1. The third-order valence-electron chi connectivity index (χ3n) is 5.41. The number of carbonyl (C=O) groups is 1. The molecule has 10 heteroatoms. The summed E-state index contributed by atoms with van der Waals surface area (Å²) < 4.78 is 74.1. The van der Waals surface area contributed by atoms with Crippen molar-refractivity contribution in [1.29, 1.82) is 0 Å². The zero-order chi connectivity index (χ0) is 27.2. The van der Waals surface area contributed by atoms with Crippen LogP contribution in [0.2, 0.25) is 0 Å². The van der Waals surface area contributed by atoms with Crippen LogP contribution in [0.5, 0.6) is 11.5 Å². The number of hydrogen-bond acceptors (Lipinski definition) is 5. The minimum absolute atomic E-state index is 0.0545. The van der Waals surface area contributed by atoms with E-state index in [9.17, 15) is 26.4 Å². The predicted octanol–water partition coefficient (Wildman–Crippen LogP) is 5.71. The average Bonchev–Trinajstić information content (AvgIpc) is 2.84. The van der Waals surface area contributed by atoms with Crippen LogP contribution in [0.25, 0.3) is 0 Å². The zero-order valence-electron chi connectivity index (χ0n) is 20.7. The molecule has 198 valence electrons. The van der Waals surface area contributed by atoms with Crippen LogP contribution in [0.15, 0.2) is 77.7 Å². The maximum Gasteiger partial charge on any atom is 0.416 e. The van der Waals surface area contributed by atoms with Gasteiger partial charge < -0.3 is 13.8 Å². The molecule has 0 heterocycles. The van der Waals surface area contributed by atoms with Crippen LogP contribution in [-0.4, -0.2) is 32.9 Å². The topological polar surface area (TPSA) is 72.9 Å². The molecule has 3 aromatic carbocycles. The van der Waals surface area contributed by atoms with Crippen molar-refractivity contribution in [3.8, 4) is 11.5 Å². The maximum atomic E-state index is 13.0. The number of amides is 1.